The lowest BCUT2D eigenvalue weighted by Crippen LogP contribution is -2.27. The summed E-state index contributed by atoms with van der Waals surface area (Å²) in [4.78, 5) is 33.6. The summed E-state index contributed by atoms with van der Waals surface area (Å²) in [5.41, 5.74) is 1.12. The van der Waals surface area contributed by atoms with Crippen LogP contribution in [0.25, 0.3) is 10.2 Å². The molecule has 2 aromatic heterocycles. The molecule has 1 aliphatic carbocycles. The zero-order valence-corrected chi connectivity index (χ0v) is 14.1. The first-order chi connectivity index (χ1) is 11.2. The van der Waals surface area contributed by atoms with Crippen molar-refractivity contribution in [3.63, 3.8) is 0 Å². The lowest BCUT2D eigenvalue weighted by molar-refractivity contribution is -0.121. The van der Waals surface area contributed by atoms with Gasteiger partial charge in [-0.25, -0.2) is 4.98 Å². The van der Waals surface area contributed by atoms with Crippen LogP contribution in [0.2, 0.25) is 0 Å². The van der Waals surface area contributed by atoms with Crippen LogP contribution in [0.15, 0.2) is 4.79 Å². The third kappa shape index (κ3) is 3.61. The van der Waals surface area contributed by atoms with E-state index in [9.17, 15) is 9.59 Å². The van der Waals surface area contributed by atoms with Gasteiger partial charge >= 0.3 is 0 Å². The number of hydrogen-bond donors (Lipinski definition) is 2. The number of rotatable bonds is 6. The molecule has 1 amide bonds. The van der Waals surface area contributed by atoms with Crippen molar-refractivity contribution in [2.24, 2.45) is 0 Å². The standard InChI is InChI=1S/C16H21N3O3S/c1-22-9-8-17-13(20)7-6-12-18-15(21)14-10-4-2-3-5-11(10)23-16(14)19-12/h2-9H2,1H3,(H,17,20)(H,18,19,21). The van der Waals surface area contributed by atoms with E-state index in [2.05, 4.69) is 15.3 Å². The molecule has 0 unspecified atom stereocenters. The van der Waals surface area contributed by atoms with Crippen LogP contribution >= 0.6 is 11.3 Å². The molecule has 0 bridgehead atoms. The minimum atomic E-state index is -0.0656. The molecule has 0 radical (unpaired) electrons. The maximum Gasteiger partial charge on any atom is 0.259 e. The van der Waals surface area contributed by atoms with E-state index >= 15 is 0 Å². The van der Waals surface area contributed by atoms with Crippen molar-refractivity contribution in [1.82, 2.24) is 15.3 Å². The van der Waals surface area contributed by atoms with Gasteiger partial charge < -0.3 is 15.0 Å². The molecule has 0 saturated heterocycles. The Bertz CT molecular complexity index is 766. The minimum Gasteiger partial charge on any atom is -0.383 e. The number of H-pyrrole nitrogens is 1. The molecule has 124 valence electrons. The molecule has 6 nitrogen and oxygen atoms in total. The second-order valence-electron chi connectivity index (χ2n) is 5.75. The van der Waals surface area contributed by atoms with Crippen LogP contribution in [0.4, 0.5) is 0 Å². The van der Waals surface area contributed by atoms with Crippen molar-refractivity contribution < 1.29 is 9.53 Å². The molecule has 0 aliphatic heterocycles. The zero-order chi connectivity index (χ0) is 16.2. The van der Waals surface area contributed by atoms with Crippen molar-refractivity contribution in [3.8, 4) is 0 Å². The van der Waals surface area contributed by atoms with Gasteiger partial charge in [-0.1, -0.05) is 0 Å². The van der Waals surface area contributed by atoms with Crippen LogP contribution in [0.3, 0.4) is 0 Å². The molecule has 0 aromatic carbocycles. The molecular weight excluding hydrogens is 314 g/mol. The fourth-order valence-electron chi connectivity index (χ4n) is 2.94. The zero-order valence-electron chi connectivity index (χ0n) is 13.2. The van der Waals surface area contributed by atoms with E-state index in [1.165, 1.54) is 16.9 Å². The molecular formula is C16H21N3O3S. The van der Waals surface area contributed by atoms with E-state index in [0.29, 0.717) is 31.8 Å². The number of amides is 1. The Hall–Kier alpha value is -1.73. The number of fused-ring (bicyclic) bond motifs is 3. The number of nitrogens with one attached hydrogen (secondary N) is 2. The Labute approximate surface area is 138 Å². The highest BCUT2D eigenvalue weighted by atomic mass is 32.1. The highest BCUT2D eigenvalue weighted by Crippen LogP contribution is 2.33. The van der Waals surface area contributed by atoms with Gasteiger partial charge in [-0.15, -0.1) is 11.3 Å². The van der Waals surface area contributed by atoms with E-state index in [1.54, 1.807) is 18.4 Å². The topological polar surface area (TPSA) is 84.1 Å². The average molecular weight is 335 g/mol. The summed E-state index contributed by atoms with van der Waals surface area (Å²) >= 11 is 1.63. The summed E-state index contributed by atoms with van der Waals surface area (Å²) in [5, 5.41) is 3.53. The Morgan fingerprint density at radius 3 is 3.04 bits per heavy atom. The van der Waals surface area contributed by atoms with Crippen LogP contribution in [-0.4, -0.2) is 36.1 Å². The van der Waals surface area contributed by atoms with Crippen LogP contribution in [0, 0.1) is 0 Å². The number of aromatic amines is 1. The van der Waals surface area contributed by atoms with E-state index in [0.717, 1.165) is 29.5 Å². The predicted octanol–water partition coefficient (Wildman–Crippen LogP) is 1.56. The normalized spacial score (nSPS) is 14.0. The predicted molar refractivity (Wildman–Crippen MR) is 90.1 cm³/mol. The SMILES string of the molecule is COCCNC(=O)CCc1nc2sc3c(c2c(=O)[nH]1)CCCC3. The van der Waals surface area contributed by atoms with Gasteiger partial charge in [0, 0.05) is 31.4 Å². The second-order valence-corrected chi connectivity index (χ2v) is 6.83. The number of hydrogen-bond acceptors (Lipinski definition) is 5. The summed E-state index contributed by atoms with van der Waals surface area (Å²) in [6.07, 6.45) is 5.10. The van der Waals surface area contributed by atoms with Crippen LogP contribution < -0.4 is 10.9 Å². The van der Waals surface area contributed by atoms with Gasteiger partial charge in [-0.05, 0) is 31.2 Å². The molecule has 1 aliphatic rings. The fourth-order valence-corrected chi connectivity index (χ4v) is 4.22. The van der Waals surface area contributed by atoms with Crippen LogP contribution in [-0.2, 0) is 28.8 Å². The van der Waals surface area contributed by atoms with Crippen molar-refractivity contribution in [3.05, 3.63) is 26.6 Å². The number of aryl methyl sites for hydroxylation is 3. The third-order valence-corrected chi connectivity index (χ3v) is 5.28. The highest BCUT2D eigenvalue weighted by Gasteiger charge is 2.19. The van der Waals surface area contributed by atoms with Gasteiger partial charge in [0.15, 0.2) is 0 Å². The van der Waals surface area contributed by atoms with Gasteiger partial charge in [0.2, 0.25) is 5.91 Å². The smallest absolute Gasteiger partial charge is 0.259 e. The molecule has 0 fully saturated rings. The number of methoxy groups -OCH3 is 1. The summed E-state index contributed by atoms with van der Waals surface area (Å²) in [6, 6.07) is 0. The Morgan fingerprint density at radius 1 is 1.39 bits per heavy atom. The Balaban J connectivity index is 1.73. The monoisotopic (exact) mass is 335 g/mol. The molecule has 0 atom stereocenters. The van der Waals surface area contributed by atoms with Gasteiger partial charge in [0.05, 0.1) is 12.0 Å². The first-order valence-corrected chi connectivity index (χ1v) is 8.79. The molecule has 7 heteroatoms. The second kappa shape index (κ2) is 7.23. The number of aromatic nitrogens is 2. The van der Waals surface area contributed by atoms with Crippen molar-refractivity contribution >= 4 is 27.5 Å². The molecule has 2 heterocycles. The van der Waals surface area contributed by atoms with Crippen molar-refractivity contribution in [2.45, 2.75) is 38.5 Å². The molecule has 2 N–H and O–H groups in total. The van der Waals surface area contributed by atoms with Crippen molar-refractivity contribution in [2.75, 3.05) is 20.3 Å². The molecule has 23 heavy (non-hydrogen) atoms. The lowest BCUT2D eigenvalue weighted by atomic mass is 9.97. The molecule has 0 saturated carbocycles. The maximum absolute atomic E-state index is 12.4. The first-order valence-electron chi connectivity index (χ1n) is 7.98. The Morgan fingerprint density at radius 2 is 2.22 bits per heavy atom. The van der Waals surface area contributed by atoms with Crippen molar-refractivity contribution in [1.29, 1.82) is 0 Å². The average Bonchev–Trinajstić information content (AvgIpc) is 2.92. The van der Waals surface area contributed by atoms with E-state index in [-0.39, 0.29) is 11.5 Å². The Kier molecular flexibility index (Phi) is 5.07. The van der Waals surface area contributed by atoms with E-state index in [4.69, 9.17) is 4.74 Å². The number of carbonyl (C=O) groups excluding carboxylic acids is 1. The molecule has 0 spiro atoms. The largest absolute Gasteiger partial charge is 0.383 e. The lowest BCUT2D eigenvalue weighted by Gasteiger charge is -2.09. The van der Waals surface area contributed by atoms with Gasteiger partial charge in [-0.2, -0.15) is 0 Å². The number of nitrogens with zero attached hydrogens (tertiary/aromatic N) is 1. The summed E-state index contributed by atoms with van der Waals surface area (Å²) < 4.78 is 4.89. The minimum absolute atomic E-state index is 0.0599. The van der Waals surface area contributed by atoms with E-state index in [1.807, 2.05) is 0 Å². The van der Waals surface area contributed by atoms with Crippen LogP contribution in [0.5, 0.6) is 0 Å². The quantitative estimate of drug-likeness (QED) is 0.785. The number of thiophene rings is 1. The maximum atomic E-state index is 12.4. The van der Waals surface area contributed by atoms with Gasteiger partial charge in [-0.3, -0.25) is 9.59 Å². The summed E-state index contributed by atoms with van der Waals surface area (Å²) in [6.45, 7) is 0.990. The summed E-state index contributed by atoms with van der Waals surface area (Å²) in [5.74, 6) is 0.526. The number of ether oxygens (including phenoxy) is 1. The van der Waals surface area contributed by atoms with Crippen LogP contribution in [0.1, 0.15) is 35.5 Å². The van der Waals surface area contributed by atoms with Gasteiger partial charge in [0.1, 0.15) is 10.7 Å². The third-order valence-electron chi connectivity index (χ3n) is 4.09. The number of carbonyl (C=O) groups is 1. The van der Waals surface area contributed by atoms with E-state index < -0.39 is 0 Å². The molecule has 3 rings (SSSR count). The molecule has 2 aromatic rings. The fraction of sp³-hybridized carbons (Fsp3) is 0.562. The highest BCUT2D eigenvalue weighted by molar-refractivity contribution is 7.18. The first kappa shape index (κ1) is 16.1. The summed E-state index contributed by atoms with van der Waals surface area (Å²) in [7, 11) is 1.59. The van der Waals surface area contributed by atoms with Gasteiger partial charge in [0.25, 0.3) is 5.56 Å².